The Bertz CT molecular complexity index is 794. The fourth-order valence-electron chi connectivity index (χ4n) is 2.21. The Morgan fingerprint density at radius 2 is 1.91 bits per heavy atom. The molecular formula is C14H18N8S. The largest absolute Gasteiger partial charge is 0.229 e. The zero-order valence-corrected chi connectivity index (χ0v) is 14.2. The molecule has 3 rings (SSSR count). The van der Waals surface area contributed by atoms with E-state index in [4.69, 9.17) is 0 Å². The monoisotopic (exact) mass is 330 g/mol. The first-order chi connectivity index (χ1) is 11.2. The molecule has 0 unspecified atom stereocenters. The van der Waals surface area contributed by atoms with Crippen molar-refractivity contribution in [1.29, 1.82) is 0 Å². The number of hydrogen-bond donors (Lipinski definition) is 0. The third-order valence-electron chi connectivity index (χ3n) is 3.41. The van der Waals surface area contributed by atoms with Gasteiger partial charge in [0.05, 0.1) is 11.4 Å². The van der Waals surface area contributed by atoms with Gasteiger partial charge in [0.1, 0.15) is 0 Å². The van der Waals surface area contributed by atoms with Gasteiger partial charge in [0.25, 0.3) is 0 Å². The summed E-state index contributed by atoms with van der Waals surface area (Å²) in [6.45, 7) is 7.01. The fourth-order valence-corrected chi connectivity index (χ4v) is 3.03. The van der Waals surface area contributed by atoms with E-state index < -0.39 is 0 Å². The van der Waals surface area contributed by atoms with Gasteiger partial charge >= 0.3 is 0 Å². The molecule has 0 amide bonds. The number of nitrogens with zero attached hydrogens (tertiary/aromatic N) is 8. The number of aryl methyl sites for hydroxylation is 3. The number of rotatable bonds is 6. The second-order valence-electron chi connectivity index (χ2n) is 5.27. The van der Waals surface area contributed by atoms with Gasteiger partial charge in [-0.15, -0.1) is 10.2 Å². The van der Waals surface area contributed by atoms with Crippen molar-refractivity contribution in [2.45, 2.75) is 44.6 Å². The lowest BCUT2D eigenvalue weighted by atomic mass is 10.1. The van der Waals surface area contributed by atoms with Crippen LogP contribution in [0.15, 0.2) is 23.4 Å². The van der Waals surface area contributed by atoms with Crippen molar-refractivity contribution in [3.8, 4) is 5.69 Å². The van der Waals surface area contributed by atoms with Crippen LogP contribution in [0, 0.1) is 13.8 Å². The number of aromatic nitrogens is 8. The van der Waals surface area contributed by atoms with Crippen molar-refractivity contribution in [2.24, 2.45) is 0 Å². The number of thioether (sulfide) groups is 1. The van der Waals surface area contributed by atoms with Gasteiger partial charge in [-0.3, -0.25) is 0 Å². The van der Waals surface area contributed by atoms with Crippen LogP contribution in [0.3, 0.4) is 0 Å². The zero-order valence-electron chi connectivity index (χ0n) is 13.3. The molecule has 3 aromatic rings. The van der Waals surface area contributed by atoms with Crippen molar-refractivity contribution in [3.05, 3.63) is 35.2 Å². The fraction of sp³-hybridized carbons (Fsp3) is 0.429. The molecule has 2 aromatic heterocycles. The van der Waals surface area contributed by atoms with Crippen molar-refractivity contribution >= 4 is 11.8 Å². The molecule has 120 valence electrons. The molecule has 2 heterocycles. The van der Waals surface area contributed by atoms with Gasteiger partial charge in [0.2, 0.25) is 5.16 Å². The quantitative estimate of drug-likeness (QED) is 0.638. The van der Waals surface area contributed by atoms with Gasteiger partial charge < -0.3 is 0 Å². The Morgan fingerprint density at radius 1 is 1.09 bits per heavy atom. The molecular weight excluding hydrogens is 312 g/mol. The van der Waals surface area contributed by atoms with E-state index in [1.165, 1.54) is 17.3 Å². The maximum absolute atomic E-state index is 4.13. The molecule has 0 saturated carbocycles. The van der Waals surface area contributed by atoms with Crippen LogP contribution >= 0.6 is 11.8 Å². The Balaban J connectivity index is 1.81. The van der Waals surface area contributed by atoms with Crippen LogP contribution in [0.25, 0.3) is 5.69 Å². The normalized spacial score (nSPS) is 11.1. The number of hydrogen-bond acceptors (Lipinski definition) is 7. The Labute approximate surface area is 138 Å². The summed E-state index contributed by atoms with van der Waals surface area (Å²) in [5.74, 6) is 1.45. The molecule has 0 aliphatic carbocycles. The van der Waals surface area contributed by atoms with Crippen LogP contribution < -0.4 is 0 Å². The van der Waals surface area contributed by atoms with Gasteiger partial charge in [-0.1, -0.05) is 30.8 Å². The van der Waals surface area contributed by atoms with E-state index in [-0.39, 0.29) is 0 Å². The minimum absolute atomic E-state index is 0.623. The molecule has 0 aliphatic heterocycles. The van der Waals surface area contributed by atoms with Gasteiger partial charge in [0, 0.05) is 6.54 Å². The predicted octanol–water partition coefficient (Wildman–Crippen LogP) is 1.97. The summed E-state index contributed by atoms with van der Waals surface area (Å²) < 4.78 is 3.58. The summed E-state index contributed by atoms with van der Waals surface area (Å²) in [6.07, 6.45) is 0.989. The van der Waals surface area contributed by atoms with E-state index in [2.05, 4.69) is 63.1 Å². The topological polar surface area (TPSA) is 87.2 Å². The zero-order chi connectivity index (χ0) is 16.2. The highest BCUT2D eigenvalue weighted by atomic mass is 32.2. The molecule has 1 aromatic carbocycles. The summed E-state index contributed by atoms with van der Waals surface area (Å²) in [6, 6.07) is 6.23. The highest BCUT2D eigenvalue weighted by molar-refractivity contribution is 7.98. The smallest absolute Gasteiger partial charge is 0.214 e. The van der Waals surface area contributed by atoms with Gasteiger partial charge in [-0.05, 0) is 58.3 Å². The second kappa shape index (κ2) is 6.86. The SMILES string of the molecule is CCCn1nnnc1CSc1nnnn1-c1cc(C)ccc1C. The number of tetrazole rings is 2. The lowest BCUT2D eigenvalue weighted by Gasteiger charge is -2.08. The number of benzene rings is 1. The summed E-state index contributed by atoms with van der Waals surface area (Å²) in [5, 5.41) is 24.6. The lowest BCUT2D eigenvalue weighted by molar-refractivity contribution is 0.564. The molecule has 0 spiro atoms. The molecule has 0 radical (unpaired) electrons. The highest BCUT2D eigenvalue weighted by Gasteiger charge is 2.13. The minimum Gasteiger partial charge on any atom is -0.229 e. The first kappa shape index (κ1) is 15.6. The van der Waals surface area contributed by atoms with Gasteiger partial charge in [-0.2, -0.15) is 4.68 Å². The standard InChI is InChI=1S/C14H18N8S/c1-4-7-21-13(15-17-19-21)9-23-14-16-18-20-22(14)12-8-10(2)5-6-11(12)3/h5-6,8H,4,7,9H2,1-3H3. The predicted molar refractivity (Wildman–Crippen MR) is 86.3 cm³/mol. The summed E-state index contributed by atoms with van der Waals surface area (Å²) in [4.78, 5) is 0. The van der Waals surface area contributed by atoms with Crippen LogP contribution in [-0.2, 0) is 12.3 Å². The van der Waals surface area contributed by atoms with E-state index in [1.807, 2.05) is 11.6 Å². The third kappa shape index (κ3) is 3.39. The molecule has 8 nitrogen and oxygen atoms in total. The first-order valence-electron chi connectivity index (χ1n) is 7.43. The van der Waals surface area contributed by atoms with E-state index in [9.17, 15) is 0 Å². The van der Waals surface area contributed by atoms with Gasteiger partial charge in [0.15, 0.2) is 5.82 Å². The Kier molecular flexibility index (Phi) is 4.65. The third-order valence-corrected chi connectivity index (χ3v) is 4.32. The van der Waals surface area contributed by atoms with Crippen LogP contribution in [0.4, 0.5) is 0 Å². The molecule has 23 heavy (non-hydrogen) atoms. The molecule has 0 saturated heterocycles. The van der Waals surface area contributed by atoms with Crippen molar-refractivity contribution < 1.29 is 0 Å². The highest BCUT2D eigenvalue weighted by Crippen LogP contribution is 2.23. The second-order valence-corrected chi connectivity index (χ2v) is 6.21. The summed E-state index contributed by atoms with van der Waals surface area (Å²) >= 11 is 1.52. The van der Waals surface area contributed by atoms with Crippen LogP contribution in [0.2, 0.25) is 0 Å². The van der Waals surface area contributed by atoms with E-state index in [0.717, 1.165) is 35.2 Å². The maximum Gasteiger partial charge on any atom is 0.214 e. The average molecular weight is 330 g/mol. The summed E-state index contributed by atoms with van der Waals surface area (Å²) in [7, 11) is 0. The van der Waals surface area contributed by atoms with Crippen LogP contribution in [-0.4, -0.2) is 40.4 Å². The van der Waals surface area contributed by atoms with E-state index >= 15 is 0 Å². The minimum atomic E-state index is 0.623. The molecule has 0 fully saturated rings. The molecule has 0 aliphatic rings. The average Bonchev–Trinajstić information content (AvgIpc) is 3.17. The maximum atomic E-state index is 4.13. The van der Waals surface area contributed by atoms with Crippen molar-refractivity contribution in [3.63, 3.8) is 0 Å². The van der Waals surface area contributed by atoms with Crippen molar-refractivity contribution in [2.75, 3.05) is 0 Å². The van der Waals surface area contributed by atoms with E-state index in [1.54, 1.807) is 4.68 Å². The molecule has 0 N–H and O–H groups in total. The van der Waals surface area contributed by atoms with Crippen LogP contribution in [0.5, 0.6) is 0 Å². The lowest BCUT2D eigenvalue weighted by Crippen LogP contribution is -2.05. The summed E-state index contributed by atoms with van der Waals surface area (Å²) in [5.41, 5.74) is 3.29. The molecule has 0 atom stereocenters. The molecule has 0 bridgehead atoms. The molecule has 9 heteroatoms. The first-order valence-corrected chi connectivity index (χ1v) is 8.41. The van der Waals surface area contributed by atoms with Crippen molar-refractivity contribution in [1.82, 2.24) is 40.4 Å². The van der Waals surface area contributed by atoms with Gasteiger partial charge in [-0.25, -0.2) is 4.68 Å². The van der Waals surface area contributed by atoms with Crippen LogP contribution in [0.1, 0.15) is 30.3 Å². The Morgan fingerprint density at radius 3 is 2.74 bits per heavy atom. The van der Waals surface area contributed by atoms with E-state index in [0.29, 0.717) is 5.75 Å². The Hall–Kier alpha value is -2.29.